The summed E-state index contributed by atoms with van der Waals surface area (Å²) in [5, 5.41) is 12.0. The van der Waals surface area contributed by atoms with Gasteiger partial charge in [0, 0.05) is 18.5 Å². The van der Waals surface area contributed by atoms with Gasteiger partial charge in [0.2, 0.25) is 0 Å². The van der Waals surface area contributed by atoms with Gasteiger partial charge in [-0.2, -0.15) is 0 Å². The van der Waals surface area contributed by atoms with Crippen LogP contribution in [0, 0.1) is 0 Å². The quantitative estimate of drug-likeness (QED) is 0.782. The van der Waals surface area contributed by atoms with E-state index in [0.29, 0.717) is 6.42 Å². The normalized spacial score (nSPS) is 13.9. The van der Waals surface area contributed by atoms with Gasteiger partial charge < -0.3 is 15.2 Å². The Bertz CT molecular complexity index is 375. The number of ether oxygens (including phenoxy) is 1. The number of aliphatic carboxylic acids is 1. The van der Waals surface area contributed by atoms with Crippen molar-refractivity contribution in [3.05, 3.63) is 29.8 Å². The molecule has 0 aliphatic rings. The number of rotatable bonds is 7. The van der Waals surface area contributed by atoms with Gasteiger partial charge in [-0.05, 0) is 38.0 Å². The van der Waals surface area contributed by atoms with Gasteiger partial charge in [0.15, 0.2) is 0 Å². The lowest BCUT2D eigenvalue weighted by Crippen LogP contribution is -2.29. The highest BCUT2D eigenvalue weighted by atomic mass is 16.5. The molecule has 1 aromatic carbocycles. The first-order valence-corrected chi connectivity index (χ1v) is 6.14. The molecule has 0 saturated carbocycles. The molecule has 0 bridgehead atoms. The van der Waals surface area contributed by atoms with E-state index in [2.05, 4.69) is 12.2 Å². The van der Waals surface area contributed by atoms with Crippen LogP contribution in [0.15, 0.2) is 24.3 Å². The molecule has 0 saturated heterocycles. The van der Waals surface area contributed by atoms with Gasteiger partial charge in [-0.25, -0.2) is 0 Å². The van der Waals surface area contributed by atoms with Crippen LogP contribution >= 0.6 is 0 Å². The van der Waals surface area contributed by atoms with Gasteiger partial charge in [-0.3, -0.25) is 4.79 Å². The van der Waals surface area contributed by atoms with Crippen LogP contribution in [0.5, 0.6) is 5.75 Å². The largest absolute Gasteiger partial charge is 0.497 e. The van der Waals surface area contributed by atoms with E-state index in [4.69, 9.17) is 9.84 Å². The third-order valence-electron chi connectivity index (χ3n) is 2.94. The minimum absolute atomic E-state index is 0.179. The summed E-state index contributed by atoms with van der Waals surface area (Å²) in [6.45, 7) is 4.07. The van der Waals surface area contributed by atoms with Crippen molar-refractivity contribution < 1.29 is 14.6 Å². The van der Waals surface area contributed by atoms with Gasteiger partial charge in [-0.15, -0.1) is 0 Å². The SMILES string of the molecule is COc1ccc([C@@H](C)NC(C)CCC(=O)O)cc1. The summed E-state index contributed by atoms with van der Waals surface area (Å²) in [7, 11) is 1.64. The highest BCUT2D eigenvalue weighted by Crippen LogP contribution is 2.18. The third kappa shape index (κ3) is 4.75. The van der Waals surface area contributed by atoms with Gasteiger partial charge in [0.25, 0.3) is 0 Å². The van der Waals surface area contributed by atoms with Crippen molar-refractivity contribution in [2.75, 3.05) is 7.11 Å². The average Bonchev–Trinajstić information content (AvgIpc) is 2.36. The van der Waals surface area contributed by atoms with Crippen molar-refractivity contribution in [2.45, 2.75) is 38.8 Å². The summed E-state index contributed by atoms with van der Waals surface area (Å²) >= 11 is 0. The molecule has 2 atom stereocenters. The number of carboxylic acid groups (broad SMARTS) is 1. The van der Waals surface area contributed by atoms with Crippen LogP contribution < -0.4 is 10.1 Å². The molecule has 0 spiro atoms. The molecule has 1 aromatic rings. The first kappa shape index (κ1) is 14.5. The van der Waals surface area contributed by atoms with E-state index >= 15 is 0 Å². The zero-order valence-corrected chi connectivity index (χ0v) is 11.1. The molecule has 0 heterocycles. The number of nitrogens with one attached hydrogen (secondary N) is 1. The maximum atomic E-state index is 10.5. The lowest BCUT2D eigenvalue weighted by Gasteiger charge is -2.20. The van der Waals surface area contributed by atoms with E-state index in [1.54, 1.807) is 7.11 Å². The summed E-state index contributed by atoms with van der Waals surface area (Å²) in [5.41, 5.74) is 1.16. The second-order valence-electron chi connectivity index (χ2n) is 4.49. The summed E-state index contributed by atoms with van der Waals surface area (Å²) in [6.07, 6.45) is 0.833. The Balaban J connectivity index is 2.47. The number of hydrogen-bond donors (Lipinski definition) is 2. The van der Waals surface area contributed by atoms with Crippen LogP contribution in [-0.2, 0) is 4.79 Å². The average molecular weight is 251 g/mol. The monoisotopic (exact) mass is 251 g/mol. The fraction of sp³-hybridized carbons (Fsp3) is 0.500. The summed E-state index contributed by atoms with van der Waals surface area (Å²) in [4.78, 5) is 10.5. The Morgan fingerprint density at radius 2 is 1.94 bits per heavy atom. The van der Waals surface area contributed by atoms with Crippen molar-refractivity contribution in [2.24, 2.45) is 0 Å². The van der Waals surface area contributed by atoms with Gasteiger partial charge in [0.05, 0.1) is 7.11 Å². The van der Waals surface area contributed by atoms with Crippen molar-refractivity contribution in [1.29, 1.82) is 0 Å². The fourth-order valence-corrected chi connectivity index (χ4v) is 1.84. The molecule has 1 unspecified atom stereocenters. The van der Waals surface area contributed by atoms with Crippen LogP contribution in [0.4, 0.5) is 0 Å². The highest BCUT2D eigenvalue weighted by molar-refractivity contribution is 5.66. The molecule has 4 nitrogen and oxygen atoms in total. The number of methoxy groups -OCH3 is 1. The molecular weight excluding hydrogens is 230 g/mol. The molecule has 100 valence electrons. The molecular formula is C14H21NO3. The molecule has 0 aliphatic heterocycles. The Labute approximate surface area is 108 Å². The second kappa shape index (κ2) is 7.01. The number of hydrogen-bond acceptors (Lipinski definition) is 3. The summed E-state index contributed by atoms with van der Waals surface area (Å²) in [6, 6.07) is 8.25. The molecule has 0 aromatic heterocycles. The summed E-state index contributed by atoms with van der Waals surface area (Å²) < 4.78 is 5.11. The maximum Gasteiger partial charge on any atom is 0.303 e. The predicted octanol–water partition coefficient (Wildman–Crippen LogP) is 2.60. The molecule has 4 heteroatoms. The molecule has 0 amide bonds. The van der Waals surface area contributed by atoms with Gasteiger partial charge in [0.1, 0.15) is 5.75 Å². The topological polar surface area (TPSA) is 58.6 Å². The molecule has 0 aliphatic carbocycles. The lowest BCUT2D eigenvalue weighted by molar-refractivity contribution is -0.137. The minimum atomic E-state index is -0.749. The zero-order valence-electron chi connectivity index (χ0n) is 11.1. The van der Waals surface area contributed by atoms with Crippen molar-refractivity contribution in [3.8, 4) is 5.75 Å². The highest BCUT2D eigenvalue weighted by Gasteiger charge is 2.10. The molecule has 2 N–H and O–H groups in total. The number of carbonyl (C=O) groups is 1. The third-order valence-corrected chi connectivity index (χ3v) is 2.94. The second-order valence-corrected chi connectivity index (χ2v) is 4.49. The van der Waals surface area contributed by atoms with Crippen LogP contribution in [0.3, 0.4) is 0 Å². The van der Waals surface area contributed by atoms with Gasteiger partial charge >= 0.3 is 5.97 Å². The molecule has 1 rings (SSSR count). The molecule has 0 radical (unpaired) electrons. The van der Waals surface area contributed by atoms with E-state index in [9.17, 15) is 4.79 Å². The Morgan fingerprint density at radius 1 is 1.33 bits per heavy atom. The predicted molar refractivity (Wildman–Crippen MR) is 70.9 cm³/mol. The van der Waals surface area contributed by atoms with Crippen molar-refractivity contribution in [1.82, 2.24) is 5.32 Å². The lowest BCUT2D eigenvalue weighted by atomic mass is 10.1. The number of carboxylic acids is 1. The van der Waals surface area contributed by atoms with Gasteiger partial charge in [-0.1, -0.05) is 12.1 Å². The van der Waals surface area contributed by atoms with E-state index in [0.717, 1.165) is 11.3 Å². The Morgan fingerprint density at radius 3 is 2.44 bits per heavy atom. The van der Waals surface area contributed by atoms with E-state index < -0.39 is 5.97 Å². The maximum absolute atomic E-state index is 10.5. The van der Waals surface area contributed by atoms with Crippen LogP contribution in [0.2, 0.25) is 0 Å². The minimum Gasteiger partial charge on any atom is -0.497 e. The Hall–Kier alpha value is -1.55. The van der Waals surface area contributed by atoms with Crippen LogP contribution in [0.1, 0.15) is 38.3 Å². The standard InChI is InChI=1S/C14H21NO3/c1-10(4-9-14(16)17)15-11(2)12-5-7-13(18-3)8-6-12/h5-8,10-11,15H,4,9H2,1-3H3,(H,16,17)/t10?,11-/m1/s1. The number of benzene rings is 1. The first-order valence-electron chi connectivity index (χ1n) is 6.14. The molecule has 18 heavy (non-hydrogen) atoms. The van der Waals surface area contributed by atoms with Crippen molar-refractivity contribution in [3.63, 3.8) is 0 Å². The Kier molecular flexibility index (Phi) is 5.65. The van der Waals surface area contributed by atoms with E-state index in [1.165, 1.54) is 0 Å². The van der Waals surface area contributed by atoms with Crippen LogP contribution in [0.25, 0.3) is 0 Å². The zero-order chi connectivity index (χ0) is 13.5. The van der Waals surface area contributed by atoms with Crippen molar-refractivity contribution >= 4 is 5.97 Å². The van der Waals surface area contributed by atoms with E-state index in [-0.39, 0.29) is 18.5 Å². The van der Waals surface area contributed by atoms with Crippen LogP contribution in [-0.4, -0.2) is 24.2 Å². The summed E-state index contributed by atoms with van der Waals surface area (Å²) in [5.74, 6) is 0.0885. The smallest absolute Gasteiger partial charge is 0.303 e. The fourth-order valence-electron chi connectivity index (χ4n) is 1.84. The van der Waals surface area contributed by atoms with E-state index in [1.807, 2.05) is 31.2 Å². The first-order chi connectivity index (χ1) is 8.52. The molecule has 0 fully saturated rings.